The molecular weight excluding hydrogens is 483 g/mol. The SMILES string of the molecule is CCOc1cc(C=C(C#N)C(=O)Nc2nc(S(C)(=O)=O)ns2)ccc1OCc1ccccc1F. The highest BCUT2D eigenvalue weighted by Crippen LogP contribution is 2.30. The van der Waals surface area contributed by atoms with Crippen molar-refractivity contribution in [2.45, 2.75) is 18.7 Å². The fourth-order valence-electron chi connectivity index (χ4n) is 2.66. The second-order valence-corrected chi connectivity index (χ2v) is 9.46. The number of carbonyl (C=O) groups excluding carboxylic acids is 1. The Morgan fingerprint density at radius 3 is 2.65 bits per heavy atom. The lowest BCUT2D eigenvalue weighted by molar-refractivity contribution is -0.112. The van der Waals surface area contributed by atoms with Gasteiger partial charge >= 0.3 is 0 Å². The zero-order chi connectivity index (χ0) is 24.7. The molecule has 12 heteroatoms. The first kappa shape index (κ1) is 24.8. The topological polar surface area (TPSA) is 131 Å². The summed E-state index contributed by atoms with van der Waals surface area (Å²) in [7, 11) is -3.62. The monoisotopic (exact) mass is 502 g/mol. The van der Waals surface area contributed by atoms with Crippen molar-refractivity contribution in [2.75, 3.05) is 18.2 Å². The van der Waals surface area contributed by atoms with Gasteiger partial charge in [0, 0.05) is 23.4 Å². The fraction of sp³-hybridized carbons (Fsp3) is 0.182. The van der Waals surface area contributed by atoms with E-state index in [2.05, 4.69) is 14.7 Å². The van der Waals surface area contributed by atoms with Gasteiger partial charge in [0.2, 0.25) is 15.0 Å². The van der Waals surface area contributed by atoms with E-state index in [4.69, 9.17) is 9.47 Å². The summed E-state index contributed by atoms with van der Waals surface area (Å²) in [5.74, 6) is -0.445. The van der Waals surface area contributed by atoms with Crippen LogP contribution in [-0.2, 0) is 21.2 Å². The lowest BCUT2D eigenvalue weighted by atomic mass is 10.1. The minimum Gasteiger partial charge on any atom is -0.490 e. The van der Waals surface area contributed by atoms with Crippen LogP contribution in [0, 0.1) is 17.1 Å². The number of nitriles is 1. The Kier molecular flexibility index (Phi) is 7.93. The summed E-state index contributed by atoms with van der Waals surface area (Å²) in [6, 6.07) is 12.8. The van der Waals surface area contributed by atoms with Gasteiger partial charge < -0.3 is 9.47 Å². The summed E-state index contributed by atoms with van der Waals surface area (Å²) in [6.07, 6.45) is 2.28. The predicted octanol–water partition coefficient (Wildman–Crippen LogP) is 3.60. The number of anilines is 1. The number of hydrogen-bond acceptors (Lipinski definition) is 9. The van der Waals surface area contributed by atoms with Crippen molar-refractivity contribution in [1.29, 1.82) is 5.26 Å². The van der Waals surface area contributed by atoms with Crippen LogP contribution in [0.1, 0.15) is 18.1 Å². The van der Waals surface area contributed by atoms with Gasteiger partial charge in [-0.1, -0.05) is 24.3 Å². The first-order chi connectivity index (χ1) is 16.2. The molecule has 2 aromatic carbocycles. The van der Waals surface area contributed by atoms with E-state index in [1.54, 1.807) is 49.4 Å². The molecule has 0 unspecified atom stereocenters. The molecule has 0 aliphatic carbocycles. The maximum absolute atomic E-state index is 13.9. The van der Waals surface area contributed by atoms with Gasteiger partial charge in [0.05, 0.1) is 6.61 Å². The lowest BCUT2D eigenvalue weighted by Gasteiger charge is -2.13. The summed E-state index contributed by atoms with van der Waals surface area (Å²) in [6.45, 7) is 2.10. The summed E-state index contributed by atoms with van der Waals surface area (Å²) in [5.41, 5.74) is 0.606. The molecule has 34 heavy (non-hydrogen) atoms. The van der Waals surface area contributed by atoms with E-state index in [1.165, 1.54) is 12.1 Å². The average Bonchev–Trinajstić information content (AvgIpc) is 3.27. The molecule has 1 amide bonds. The molecule has 9 nitrogen and oxygen atoms in total. The molecule has 0 saturated carbocycles. The molecule has 3 rings (SSSR count). The average molecular weight is 503 g/mol. The van der Waals surface area contributed by atoms with Crippen LogP contribution in [0.2, 0.25) is 0 Å². The Labute approximate surface area is 199 Å². The Hall–Kier alpha value is -3.82. The largest absolute Gasteiger partial charge is 0.490 e. The number of carbonyl (C=O) groups is 1. The zero-order valence-electron chi connectivity index (χ0n) is 18.1. The van der Waals surface area contributed by atoms with E-state index in [-0.39, 0.29) is 23.1 Å². The molecule has 0 bridgehead atoms. The van der Waals surface area contributed by atoms with E-state index >= 15 is 0 Å². The van der Waals surface area contributed by atoms with Crippen molar-refractivity contribution in [3.8, 4) is 17.6 Å². The third-order valence-electron chi connectivity index (χ3n) is 4.24. The molecule has 176 valence electrons. The van der Waals surface area contributed by atoms with Gasteiger partial charge in [0.1, 0.15) is 24.1 Å². The number of aromatic nitrogens is 2. The van der Waals surface area contributed by atoms with E-state index in [0.717, 1.165) is 6.26 Å². The highest BCUT2D eigenvalue weighted by molar-refractivity contribution is 7.90. The van der Waals surface area contributed by atoms with E-state index < -0.39 is 20.9 Å². The van der Waals surface area contributed by atoms with Crippen LogP contribution in [0.4, 0.5) is 9.52 Å². The number of hydrogen-bond donors (Lipinski definition) is 1. The molecule has 0 radical (unpaired) electrons. The van der Waals surface area contributed by atoms with Crippen LogP contribution in [0.25, 0.3) is 6.08 Å². The Morgan fingerprint density at radius 1 is 1.24 bits per heavy atom. The maximum Gasteiger partial charge on any atom is 0.268 e. The van der Waals surface area contributed by atoms with Gasteiger partial charge in [-0.05, 0) is 36.8 Å². The van der Waals surface area contributed by atoms with Crippen molar-refractivity contribution in [2.24, 2.45) is 0 Å². The highest BCUT2D eigenvalue weighted by atomic mass is 32.2. The molecule has 0 aliphatic rings. The van der Waals surface area contributed by atoms with E-state index in [1.807, 2.05) is 0 Å². The van der Waals surface area contributed by atoms with Gasteiger partial charge in [-0.3, -0.25) is 10.1 Å². The van der Waals surface area contributed by atoms with Crippen molar-refractivity contribution >= 4 is 38.5 Å². The highest BCUT2D eigenvalue weighted by Gasteiger charge is 2.18. The number of halogens is 1. The van der Waals surface area contributed by atoms with Crippen LogP contribution < -0.4 is 14.8 Å². The van der Waals surface area contributed by atoms with Crippen LogP contribution in [0.15, 0.2) is 53.2 Å². The summed E-state index contributed by atoms with van der Waals surface area (Å²) in [4.78, 5) is 16.2. The van der Waals surface area contributed by atoms with Crippen LogP contribution in [0.5, 0.6) is 11.5 Å². The Balaban J connectivity index is 1.79. The summed E-state index contributed by atoms with van der Waals surface area (Å²) >= 11 is 0.682. The second kappa shape index (κ2) is 10.9. The molecule has 0 spiro atoms. The van der Waals surface area contributed by atoms with Crippen molar-refractivity contribution < 1.29 is 27.1 Å². The van der Waals surface area contributed by atoms with Gasteiger partial charge in [-0.15, -0.1) is 0 Å². The fourth-order valence-corrected chi connectivity index (χ4v) is 4.10. The normalized spacial score (nSPS) is 11.5. The van der Waals surface area contributed by atoms with Gasteiger partial charge in [-0.2, -0.15) is 14.6 Å². The number of benzene rings is 2. The number of nitrogens with zero attached hydrogens (tertiary/aromatic N) is 3. The number of rotatable bonds is 9. The van der Waals surface area contributed by atoms with E-state index in [0.29, 0.717) is 40.8 Å². The third-order valence-corrected chi connectivity index (χ3v) is 5.84. The molecular formula is C22H19FN4O5S2. The number of nitrogens with one attached hydrogen (secondary N) is 1. The quantitative estimate of drug-likeness (QED) is 0.347. The summed E-state index contributed by atoms with van der Waals surface area (Å²) < 4.78 is 51.8. The van der Waals surface area contributed by atoms with Crippen LogP contribution in [-0.4, -0.2) is 36.5 Å². The number of ether oxygens (including phenoxy) is 2. The van der Waals surface area contributed by atoms with Gasteiger partial charge in [-0.25, -0.2) is 12.8 Å². The first-order valence-electron chi connectivity index (χ1n) is 9.81. The van der Waals surface area contributed by atoms with Crippen molar-refractivity contribution in [3.05, 3.63) is 65.0 Å². The molecule has 1 aromatic heterocycles. The molecule has 1 heterocycles. The lowest BCUT2D eigenvalue weighted by Crippen LogP contribution is -2.13. The number of sulfone groups is 1. The molecule has 0 saturated heterocycles. The Bertz CT molecular complexity index is 1380. The molecule has 3 aromatic rings. The molecule has 0 aliphatic heterocycles. The summed E-state index contributed by atoms with van der Waals surface area (Å²) in [5, 5.41) is 11.3. The van der Waals surface area contributed by atoms with Crippen molar-refractivity contribution in [1.82, 2.24) is 9.36 Å². The Morgan fingerprint density at radius 2 is 2.00 bits per heavy atom. The smallest absolute Gasteiger partial charge is 0.268 e. The van der Waals surface area contributed by atoms with Gasteiger partial charge in [0.15, 0.2) is 11.5 Å². The predicted molar refractivity (Wildman–Crippen MR) is 124 cm³/mol. The zero-order valence-corrected chi connectivity index (χ0v) is 19.7. The van der Waals surface area contributed by atoms with E-state index in [9.17, 15) is 22.9 Å². The minimum atomic E-state index is -3.62. The molecule has 0 fully saturated rings. The van der Waals surface area contributed by atoms with Crippen molar-refractivity contribution in [3.63, 3.8) is 0 Å². The maximum atomic E-state index is 13.9. The van der Waals surface area contributed by atoms with Crippen LogP contribution >= 0.6 is 11.5 Å². The molecule has 0 atom stereocenters. The van der Waals surface area contributed by atoms with Gasteiger partial charge in [0.25, 0.3) is 11.1 Å². The molecule has 1 N–H and O–H groups in total. The second-order valence-electron chi connectivity index (χ2n) is 6.80. The minimum absolute atomic E-state index is 0.00883. The third kappa shape index (κ3) is 6.37. The van der Waals surface area contributed by atoms with Crippen LogP contribution in [0.3, 0.4) is 0 Å². The standard InChI is InChI=1S/C22H19FN4O5S2/c1-3-31-19-11-14(8-9-18(19)32-13-15-6-4-5-7-17(15)23)10-16(12-24)20(28)25-21-26-22(27-33-21)34(2,29)30/h4-11H,3,13H2,1-2H3,(H,25,26,27,28). The first-order valence-corrected chi connectivity index (χ1v) is 12.5. The number of amides is 1.